The Morgan fingerprint density at radius 1 is 1.10 bits per heavy atom. The molecule has 0 aliphatic heterocycles. The minimum Gasteiger partial charge on any atom is -0.493 e. The molecule has 0 saturated carbocycles. The molecule has 0 atom stereocenters. The Balaban J connectivity index is 2.37. The highest BCUT2D eigenvalue weighted by Gasteiger charge is 2.10. The van der Waals surface area contributed by atoms with Gasteiger partial charge in [0.2, 0.25) is 0 Å². The Morgan fingerprint density at radius 2 is 1.85 bits per heavy atom. The van der Waals surface area contributed by atoms with Crippen molar-refractivity contribution in [2.45, 2.75) is 13.5 Å². The zero-order valence-corrected chi connectivity index (χ0v) is 11.4. The first-order valence-electron chi connectivity index (χ1n) is 6.14. The van der Waals surface area contributed by atoms with Crippen LogP contribution in [0.25, 0.3) is 0 Å². The van der Waals surface area contributed by atoms with Crippen LogP contribution >= 0.6 is 0 Å². The van der Waals surface area contributed by atoms with Gasteiger partial charge in [-0.2, -0.15) is 5.26 Å². The fourth-order valence-corrected chi connectivity index (χ4v) is 1.87. The van der Waals surface area contributed by atoms with Crippen LogP contribution in [0.15, 0.2) is 36.4 Å². The quantitative estimate of drug-likeness (QED) is 0.926. The second kappa shape index (κ2) is 6.09. The maximum absolute atomic E-state index is 9.38. The molecular formula is C16H15NO3. The Hall–Kier alpha value is -2.51. The fraction of sp³-hybridized carbons (Fsp3) is 0.188. The fourth-order valence-electron chi connectivity index (χ4n) is 1.87. The summed E-state index contributed by atoms with van der Waals surface area (Å²) in [7, 11) is 1.52. The summed E-state index contributed by atoms with van der Waals surface area (Å²) in [5.74, 6) is 1.56. The summed E-state index contributed by atoms with van der Waals surface area (Å²) in [6, 6.07) is 12.6. The van der Waals surface area contributed by atoms with Gasteiger partial charge in [0.05, 0.1) is 25.3 Å². The predicted octanol–water partition coefficient (Wildman–Crippen LogP) is 3.16. The van der Waals surface area contributed by atoms with Gasteiger partial charge in [0.15, 0.2) is 11.5 Å². The molecule has 102 valence electrons. The van der Waals surface area contributed by atoms with E-state index in [1.807, 2.05) is 25.1 Å². The van der Waals surface area contributed by atoms with Crippen molar-refractivity contribution in [2.75, 3.05) is 7.11 Å². The van der Waals surface area contributed by atoms with E-state index in [0.29, 0.717) is 28.4 Å². The van der Waals surface area contributed by atoms with Crippen LogP contribution in [-0.2, 0) is 6.61 Å². The van der Waals surface area contributed by atoms with E-state index >= 15 is 0 Å². The number of benzene rings is 2. The van der Waals surface area contributed by atoms with E-state index in [4.69, 9.17) is 14.7 Å². The summed E-state index contributed by atoms with van der Waals surface area (Å²) in [6.45, 7) is 1.85. The average Bonchev–Trinajstić information content (AvgIpc) is 2.49. The van der Waals surface area contributed by atoms with Crippen LogP contribution in [0, 0.1) is 18.3 Å². The molecule has 2 aromatic carbocycles. The van der Waals surface area contributed by atoms with Gasteiger partial charge in [-0.1, -0.05) is 17.7 Å². The minimum atomic E-state index is -0.102. The zero-order chi connectivity index (χ0) is 14.5. The molecule has 0 aromatic heterocycles. The van der Waals surface area contributed by atoms with Gasteiger partial charge in [0, 0.05) is 11.6 Å². The van der Waals surface area contributed by atoms with Gasteiger partial charge in [0.1, 0.15) is 5.75 Å². The van der Waals surface area contributed by atoms with E-state index in [0.717, 1.165) is 5.56 Å². The summed E-state index contributed by atoms with van der Waals surface area (Å²) < 4.78 is 11.0. The van der Waals surface area contributed by atoms with Crippen LogP contribution < -0.4 is 9.47 Å². The third-order valence-corrected chi connectivity index (χ3v) is 2.90. The Kier molecular flexibility index (Phi) is 4.24. The van der Waals surface area contributed by atoms with Gasteiger partial charge in [-0.15, -0.1) is 0 Å². The van der Waals surface area contributed by atoms with Crippen molar-refractivity contribution in [3.63, 3.8) is 0 Å². The molecule has 0 amide bonds. The second-order valence-corrected chi connectivity index (χ2v) is 4.35. The Bertz CT molecular complexity index is 659. The number of rotatable bonds is 4. The van der Waals surface area contributed by atoms with Gasteiger partial charge in [-0.25, -0.2) is 0 Å². The molecule has 20 heavy (non-hydrogen) atoms. The molecule has 2 aromatic rings. The number of hydrogen-bond acceptors (Lipinski definition) is 4. The summed E-state index contributed by atoms with van der Waals surface area (Å²) in [5.41, 5.74) is 2.25. The molecule has 0 heterocycles. The second-order valence-electron chi connectivity index (χ2n) is 4.35. The van der Waals surface area contributed by atoms with Crippen molar-refractivity contribution in [3.05, 3.63) is 53.1 Å². The highest BCUT2D eigenvalue weighted by atomic mass is 16.5. The molecule has 0 unspecified atom stereocenters. The van der Waals surface area contributed by atoms with Crippen molar-refractivity contribution >= 4 is 0 Å². The summed E-state index contributed by atoms with van der Waals surface area (Å²) >= 11 is 0. The van der Waals surface area contributed by atoms with E-state index in [1.165, 1.54) is 7.11 Å². The molecular weight excluding hydrogens is 254 g/mol. The lowest BCUT2D eigenvalue weighted by Crippen LogP contribution is -1.95. The number of ether oxygens (including phenoxy) is 2. The average molecular weight is 269 g/mol. The molecule has 0 radical (unpaired) electrons. The normalized spacial score (nSPS) is 9.90. The molecule has 0 saturated heterocycles. The number of aryl methyl sites for hydroxylation is 1. The smallest absolute Gasteiger partial charge is 0.169 e. The molecule has 0 spiro atoms. The molecule has 0 bridgehead atoms. The maximum Gasteiger partial charge on any atom is 0.169 e. The van der Waals surface area contributed by atoms with Gasteiger partial charge >= 0.3 is 0 Å². The number of aliphatic hydroxyl groups excluding tert-OH is 1. The molecule has 0 aliphatic rings. The molecule has 0 fully saturated rings. The third kappa shape index (κ3) is 2.90. The number of nitrogens with zero attached hydrogens (tertiary/aromatic N) is 1. The van der Waals surface area contributed by atoms with Gasteiger partial charge in [0.25, 0.3) is 0 Å². The van der Waals surface area contributed by atoms with Crippen molar-refractivity contribution < 1.29 is 14.6 Å². The summed E-state index contributed by atoms with van der Waals surface area (Å²) in [4.78, 5) is 0. The predicted molar refractivity (Wildman–Crippen MR) is 74.9 cm³/mol. The first-order valence-corrected chi connectivity index (χ1v) is 6.14. The van der Waals surface area contributed by atoms with E-state index < -0.39 is 0 Å². The molecule has 4 nitrogen and oxygen atoms in total. The van der Waals surface area contributed by atoms with Crippen LogP contribution in [-0.4, -0.2) is 12.2 Å². The van der Waals surface area contributed by atoms with Crippen LogP contribution in [0.3, 0.4) is 0 Å². The lowest BCUT2D eigenvalue weighted by atomic mass is 10.1. The van der Waals surface area contributed by atoms with Gasteiger partial charge in [-0.05, 0) is 25.1 Å². The van der Waals surface area contributed by atoms with Crippen LogP contribution in [0.2, 0.25) is 0 Å². The third-order valence-electron chi connectivity index (χ3n) is 2.90. The molecule has 4 heteroatoms. The molecule has 2 rings (SSSR count). The number of hydrogen-bond donors (Lipinski definition) is 1. The van der Waals surface area contributed by atoms with E-state index in [9.17, 15) is 5.11 Å². The standard InChI is InChI=1S/C16H15NO3/c1-11-3-5-14(13(7-11)10-18)20-15-6-4-12(9-17)8-16(15)19-2/h3-8,18H,10H2,1-2H3. The molecule has 0 aliphatic carbocycles. The van der Waals surface area contributed by atoms with Crippen molar-refractivity contribution in [1.29, 1.82) is 5.26 Å². The Morgan fingerprint density at radius 3 is 2.50 bits per heavy atom. The highest BCUT2D eigenvalue weighted by Crippen LogP contribution is 2.34. The number of methoxy groups -OCH3 is 1. The first-order chi connectivity index (χ1) is 9.67. The summed E-state index contributed by atoms with van der Waals surface area (Å²) in [5, 5.41) is 18.2. The van der Waals surface area contributed by atoms with Gasteiger partial charge in [-0.3, -0.25) is 0 Å². The zero-order valence-electron chi connectivity index (χ0n) is 11.4. The molecule has 1 N–H and O–H groups in total. The van der Waals surface area contributed by atoms with E-state index in [1.54, 1.807) is 24.3 Å². The monoisotopic (exact) mass is 269 g/mol. The van der Waals surface area contributed by atoms with Gasteiger partial charge < -0.3 is 14.6 Å². The van der Waals surface area contributed by atoms with E-state index in [2.05, 4.69) is 0 Å². The maximum atomic E-state index is 9.38. The Labute approximate surface area is 117 Å². The van der Waals surface area contributed by atoms with Crippen molar-refractivity contribution in [3.8, 4) is 23.3 Å². The number of nitriles is 1. The summed E-state index contributed by atoms with van der Waals surface area (Å²) in [6.07, 6.45) is 0. The van der Waals surface area contributed by atoms with E-state index in [-0.39, 0.29) is 6.61 Å². The van der Waals surface area contributed by atoms with Crippen molar-refractivity contribution in [1.82, 2.24) is 0 Å². The lowest BCUT2D eigenvalue weighted by molar-refractivity contribution is 0.275. The topological polar surface area (TPSA) is 62.5 Å². The highest BCUT2D eigenvalue weighted by molar-refractivity contribution is 5.49. The van der Waals surface area contributed by atoms with Crippen LogP contribution in [0.4, 0.5) is 0 Å². The van der Waals surface area contributed by atoms with Crippen LogP contribution in [0.5, 0.6) is 17.2 Å². The van der Waals surface area contributed by atoms with Crippen molar-refractivity contribution in [2.24, 2.45) is 0 Å². The lowest BCUT2D eigenvalue weighted by Gasteiger charge is -2.13. The largest absolute Gasteiger partial charge is 0.493 e. The first kappa shape index (κ1) is 13.9. The minimum absolute atomic E-state index is 0.102. The SMILES string of the molecule is COc1cc(C#N)ccc1Oc1ccc(C)cc1CO. The number of aliphatic hydroxyl groups is 1. The van der Waals surface area contributed by atoms with Crippen LogP contribution in [0.1, 0.15) is 16.7 Å².